The first-order valence-electron chi connectivity index (χ1n) is 3.14. The van der Waals surface area contributed by atoms with Gasteiger partial charge in [0.1, 0.15) is 6.23 Å². The Morgan fingerprint density at radius 3 is 2.30 bits per heavy atom. The number of amides is 1. The Labute approximate surface area is 73.5 Å². The molecule has 1 aliphatic heterocycles. The first-order chi connectivity index (χ1) is 4.55. The fourth-order valence-corrected chi connectivity index (χ4v) is 1.86. The van der Waals surface area contributed by atoms with E-state index in [1.165, 1.54) is 4.90 Å². The van der Waals surface area contributed by atoms with Gasteiger partial charge in [0.25, 0.3) is 0 Å². The number of aliphatic hydroxyl groups is 1. The lowest BCUT2D eigenvalue weighted by Gasteiger charge is -2.15. The van der Waals surface area contributed by atoms with E-state index in [9.17, 15) is 9.90 Å². The molecule has 0 bridgehead atoms. The molecular weight excluding hydrogens is 245 g/mol. The molecule has 0 aromatic carbocycles. The Morgan fingerprint density at radius 1 is 1.70 bits per heavy atom. The lowest BCUT2D eigenvalue weighted by Crippen LogP contribution is -2.30. The maximum Gasteiger partial charge on any atom is 0.237 e. The number of nitrogens with zero attached hydrogens (tertiary/aromatic N) is 1. The molecule has 0 aliphatic carbocycles. The molecule has 0 aromatic rings. The van der Waals surface area contributed by atoms with Crippen LogP contribution in [0.1, 0.15) is 6.92 Å². The van der Waals surface area contributed by atoms with Crippen molar-refractivity contribution in [1.82, 2.24) is 4.90 Å². The fourth-order valence-electron chi connectivity index (χ4n) is 1.05. The summed E-state index contributed by atoms with van der Waals surface area (Å²) >= 11 is 2.06. The van der Waals surface area contributed by atoms with Crippen LogP contribution in [-0.2, 0) is 4.79 Å². The highest BCUT2D eigenvalue weighted by atomic mass is 127. The first kappa shape index (κ1) is 8.26. The van der Waals surface area contributed by atoms with Crippen LogP contribution >= 0.6 is 22.6 Å². The van der Waals surface area contributed by atoms with Crippen LogP contribution in [0.5, 0.6) is 0 Å². The van der Waals surface area contributed by atoms with Crippen LogP contribution in [0.2, 0.25) is 0 Å². The topological polar surface area (TPSA) is 40.5 Å². The molecule has 1 heterocycles. The molecule has 1 fully saturated rings. The van der Waals surface area contributed by atoms with Gasteiger partial charge in [-0.25, -0.2) is 0 Å². The second-order valence-corrected chi connectivity index (χ2v) is 3.97. The molecular formula is C6H10INO2. The Balaban J connectivity index is 2.78. The second kappa shape index (κ2) is 2.65. The second-order valence-electron chi connectivity index (χ2n) is 2.62. The van der Waals surface area contributed by atoms with Gasteiger partial charge in [-0.15, -0.1) is 0 Å². The number of hydrogen-bond donors (Lipinski definition) is 1. The normalized spacial score (nSPS) is 41.0. The summed E-state index contributed by atoms with van der Waals surface area (Å²) in [5.41, 5.74) is 0. The SMILES string of the molecule is CC1C(I)C(=O)N(C)C1O. The third-order valence-electron chi connectivity index (χ3n) is 1.91. The van der Waals surface area contributed by atoms with Crippen LogP contribution in [0, 0.1) is 5.92 Å². The highest BCUT2D eigenvalue weighted by Crippen LogP contribution is 2.27. The van der Waals surface area contributed by atoms with E-state index < -0.39 is 6.23 Å². The van der Waals surface area contributed by atoms with Gasteiger partial charge >= 0.3 is 0 Å². The molecule has 58 valence electrons. The summed E-state index contributed by atoms with van der Waals surface area (Å²) in [6.45, 7) is 1.88. The zero-order chi connectivity index (χ0) is 7.89. The summed E-state index contributed by atoms with van der Waals surface area (Å²) in [5, 5.41) is 9.31. The number of likely N-dealkylation sites (tertiary alicyclic amines) is 1. The average Bonchev–Trinajstić information content (AvgIpc) is 2.07. The minimum absolute atomic E-state index is 0.0283. The maximum absolute atomic E-state index is 11.1. The minimum atomic E-state index is -0.589. The van der Waals surface area contributed by atoms with E-state index in [-0.39, 0.29) is 15.7 Å². The molecule has 1 rings (SSSR count). The van der Waals surface area contributed by atoms with Crippen molar-refractivity contribution in [2.45, 2.75) is 17.1 Å². The zero-order valence-electron chi connectivity index (χ0n) is 5.91. The van der Waals surface area contributed by atoms with Crippen molar-refractivity contribution in [2.24, 2.45) is 5.92 Å². The molecule has 0 radical (unpaired) electrons. The first-order valence-corrected chi connectivity index (χ1v) is 4.39. The third kappa shape index (κ3) is 1.03. The molecule has 0 aromatic heterocycles. The standard InChI is InChI=1S/C6H10INO2/c1-3-4(7)6(10)8(2)5(3)9/h3-5,9H,1-2H3. The van der Waals surface area contributed by atoms with Gasteiger partial charge < -0.3 is 10.0 Å². The Morgan fingerprint density at radius 2 is 2.20 bits per heavy atom. The van der Waals surface area contributed by atoms with Crippen LogP contribution in [0.25, 0.3) is 0 Å². The highest BCUT2D eigenvalue weighted by Gasteiger charge is 2.40. The average molecular weight is 255 g/mol. The summed E-state index contributed by atoms with van der Waals surface area (Å²) < 4.78 is -0.0578. The summed E-state index contributed by atoms with van der Waals surface area (Å²) in [6, 6.07) is 0. The van der Waals surface area contributed by atoms with Gasteiger partial charge in [0, 0.05) is 13.0 Å². The lowest BCUT2D eigenvalue weighted by molar-refractivity contribution is -0.130. The molecule has 3 nitrogen and oxygen atoms in total. The third-order valence-corrected chi connectivity index (χ3v) is 3.58. The monoisotopic (exact) mass is 255 g/mol. The van der Waals surface area contributed by atoms with E-state index >= 15 is 0 Å². The van der Waals surface area contributed by atoms with Gasteiger partial charge in [0.15, 0.2) is 0 Å². The van der Waals surface area contributed by atoms with E-state index in [0.717, 1.165) is 0 Å². The number of alkyl halides is 1. The van der Waals surface area contributed by atoms with Gasteiger partial charge in [0.2, 0.25) is 5.91 Å². The van der Waals surface area contributed by atoms with Gasteiger partial charge in [-0.1, -0.05) is 29.5 Å². The van der Waals surface area contributed by atoms with E-state index in [2.05, 4.69) is 22.6 Å². The van der Waals surface area contributed by atoms with E-state index in [0.29, 0.717) is 0 Å². The van der Waals surface area contributed by atoms with Crippen molar-refractivity contribution < 1.29 is 9.90 Å². The van der Waals surface area contributed by atoms with Gasteiger partial charge in [-0.3, -0.25) is 4.79 Å². The van der Waals surface area contributed by atoms with E-state index in [1.807, 2.05) is 6.92 Å². The molecule has 0 spiro atoms. The van der Waals surface area contributed by atoms with Crippen molar-refractivity contribution in [3.8, 4) is 0 Å². The van der Waals surface area contributed by atoms with Gasteiger partial charge in [-0.2, -0.15) is 0 Å². The fraction of sp³-hybridized carbons (Fsp3) is 0.833. The van der Waals surface area contributed by atoms with Crippen LogP contribution < -0.4 is 0 Å². The summed E-state index contributed by atoms with van der Waals surface area (Å²) in [7, 11) is 1.63. The minimum Gasteiger partial charge on any atom is -0.373 e. The lowest BCUT2D eigenvalue weighted by atomic mass is 10.1. The zero-order valence-corrected chi connectivity index (χ0v) is 8.07. The molecule has 0 saturated carbocycles. The molecule has 1 N–H and O–H groups in total. The summed E-state index contributed by atoms with van der Waals surface area (Å²) in [5.74, 6) is 0.0821. The number of aliphatic hydroxyl groups excluding tert-OH is 1. The predicted octanol–water partition coefficient (Wildman–Crippen LogP) is 0.216. The number of carbonyl (C=O) groups excluding carboxylic acids is 1. The highest BCUT2D eigenvalue weighted by molar-refractivity contribution is 14.1. The van der Waals surface area contributed by atoms with Crippen molar-refractivity contribution in [3.63, 3.8) is 0 Å². The van der Waals surface area contributed by atoms with Crippen LogP contribution in [0.3, 0.4) is 0 Å². The Hall–Kier alpha value is 0.160. The molecule has 3 unspecified atom stereocenters. The Kier molecular flexibility index (Phi) is 2.19. The van der Waals surface area contributed by atoms with Crippen LogP contribution in [0.15, 0.2) is 0 Å². The molecule has 1 aliphatic rings. The molecule has 4 heteroatoms. The van der Waals surface area contributed by atoms with E-state index in [4.69, 9.17) is 0 Å². The molecule has 3 atom stereocenters. The largest absolute Gasteiger partial charge is 0.373 e. The van der Waals surface area contributed by atoms with Crippen molar-refractivity contribution in [3.05, 3.63) is 0 Å². The van der Waals surface area contributed by atoms with Crippen molar-refractivity contribution >= 4 is 28.5 Å². The van der Waals surface area contributed by atoms with Crippen LogP contribution in [-0.4, -0.2) is 33.1 Å². The van der Waals surface area contributed by atoms with Gasteiger partial charge in [0.05, 0.1) is 3.92 Å². The van der Waals surface area contributed by atoms with Crippen molar-refractivity contribution in [1.29, 1.82) is 0 Å². The van der Waals surface area contributed by atoms with E-state index in [1.54, 1.807) is 7.05 Å². The molecule has 10 heavy (non-hydrogen) atoms. The van der Waals surface area contributed by atoms with Gasteiger partial charge in [-0.05, 0) is 0 Å². The summed E-state index contributed by atoms with van der Waals surface area (Å²) in [6.07, 6.45) is -0.589. The van der Waals surface area contributed by atoms with Crippen LogP contribution in [0.4, 0.5) is 0 Å². The quantitative estimate of drug-likeness (QED) is 0.496. The number of halogens is 1. The smallest absolute Gasteiger partial charge is 0.237 e. The number of hydrogen-bond acceptors (Lipinski definition) is 2. The predicted molar refractivity (Wildman–Crippen MR) is 45.7 cm³/mol. The maximum atomic E-state index is 11.1. The number of rotatable bonds is 0. The number of carbonyl (C=O) groups is 1. The Bertz CT molecular complexity index is 146. The molecule has 1 saturated heterocycles. The van der Waals surface area contributed by atoms with Crippen molar-refractivity contribution in [2.75, 3.05) is 7.05 Å². The summed E-state index contributed by atoms with van der Waals surface area (Å²) in [4.78, 5) is 12.5. The molecule has 1 amide bonds.